The zero-order valence-corrected chi connectivity index (χ0v) is 12.9. The Labute approximate surface area is 130 Å². The third-order valence-electron chi connectivity index (χ3n) is 4.04. The van der Waals surface area contributed by atoms with E-state index in [9.17, 15) is 4.79 Å². The van der Waals surface area contributed by atoms with Crippen LogP contribution in [0.15, 0.2) is 18.2 Å². The van der Waals surface area contributed by atoms with E-state index in [1.54, 1.807) is 0 Å². The van der Waals surface area contributed by atoms with E-state index < -0.39 is 0 Å². The smallest absolute Gasteiger partial charge is 0.231 e. The molecule has 0 bridgehead atoms. The lowest BCUT2D eigenvalue weighted by Crippen LogP contribution is -2.48. The first-order valence-corrected chi connectivity index (χ1v) is 7.05. The number of rotatable bonds is 3. The lowest BCUT2D eigenvalue weighted by molar-refractivity contribution is -0.131. The number of hydrogen-bond acceptors (Lipinski definition) is 4. The number of carbonyl (C=O) groups excluding carboxylic acids is 1. The maximum absolute atomic E-state index is 12.3. The molecule has 0 radical (unpaired) electrons. The van der Waals surface area contributed by atoms with Gasteiger partial charge in [0.15, 0.2) is 11.5 Å². The Morgan fingerprint density at radius 3 is 2.95 bits per heavy atom. The molecule has 0 aliphatic carbocycles. The van der Waals surface area contributed by atoms with Crippen LogP contribution in [-0.4, -0.2) is 25.8 Å². The van der Waals surface area contributed by atoms with Crippen LogP contribution in [0, 0.1) is 5.41 Å². The first-order chi connectivity index (χ1) is 9.67. The average molecular weight is 313 g/mol. The van der Waals surface area contributed by atoms with Crippen molar-refractivity contribution in [2.24, 2.45) is 5.41 Å². The minimum atomic E-state index is -0.297. The van der Waals surface area contributed by atoms with E-state index in [1.807, 2.05) is 25.1 Å². The van der Waals surface area contributed by atoms with Gasteiger partial charge in [-0.1, -0.05) is 6.07 Å². The van der Waals surface area contributed by atoms with E-state index in [1.165, 1.54) is 0 Å². The molecule has 1 aromatic rings. The van der Waals surface area contributed by atoms with Crippen LogP contribution in [-0.2, 0) is 11.3 Å². The van der Waals surface area contributed by atoms with Crippen molar-refractivity contribution in [2.45, 2.75) is 26.3 Å². The highest BCUT2D eigenvalue weighted by Crippen LogP contribution is 2.32. The number of piperidine rings is 1. The predicted molar refractivity (Wildman–Crippen MR) is 81.9 cm³/mol. The fraction of sp³-hybridized carbons (Fsp3) is 0.533. The number of halogens is 1. The van der Waals surface area contributed by atoms with Crippen LogP contribution in [0.4, 0.5) is 0 Å². The molecular formula is C15H21ClN2O3. The van der Waals surface area contributed by atoms with Gasteiger partial charge < -0.3 is 20.1 Å². The highest BCUT2D eigenvalue weighted by atomic mass is 35.5. The van der Waals surface area contributed by atoms with E-state index >= 15 is 0 Å². The fourth-order valence-electron chi connectivity index (χ4n) is 2.70. The molecule has 2 N–H and O–H groups in total. The number of fused-ring (bicyclic) bond motifs is 1. The van der Waals surface area contributed by atoms with Gasteiger partial charge in [0.05, 0.1) is 5.41 Å². The van der Waals surface area contributed by atoms with Crippen molar-refractivity contribution in [3.63, 3.8) is 0 Å². The van der Waals surface area contributed by atoms with Gasteiger partial charge in [0, 0.05) is 13.1 Å². The second-order valence-electron chi connectivity index (χ2n) is 5.71. The number of benzene rings is 1. The van der Waals surface area contributed by atoms with E-state index in [-0.39, 0.29) is 30.5 Å². The van der Waals surface area contributed by atoms with Gasteiger partial charge >= 0.3 is 0 Å². The molecule has 2 heterocycles. The molecule has 0 spiro atoms. The largest absolute Gasteiger partial charge is 0.454 e. The molecule has 21 heavy (non-hydrogen) atoms. The van der Waals surface area contributed by atoms with Crippen LogP contribution in [0.5, 0.6) is 11.5 Å². The molecule has 5 nitrogen and oxygen atoms in total. The molecule has 2 aliphatic rings. The highest BCUT2D eigenvalue weighted by molar-refractivity contribution is 5.85. The van der Waals surface area contributed by atoms with Crippen molar-refractivity contribution in [3.05, 3.63) is 23.8 Å². The Morgan fingerprint density at radius 1 is 1.38 bits per heavy atom. The Bertz CT molecular complexity index is 516. The summed E-state index contributed by atoms with van der Waals surface area (Å²) in [5.74, 6) is 1.63. The molecule has 0 aromatic heterocycles. The van der Waals surface area contributed by atoms with Gasteiger partial charge in [-0.05, 0) is 44.0 Å². The molecule has 1 aromatic carbocycles. The molecular weight excluding hydrogens is 292 g/mol. The van der Waals surface area contributed by atoms with Gasteiger partial charge in [0.1, 0.15) is 0 Å². The first kappa shape index (κ1) is 15.9. The van der Waals surface area contributed by atoms with Gasteiger partial charge in [-0.3, -0.25) is 4.79 Å². The Balaban J connectivity index is 0.00000161. The van der Waals surface area contributed by atoms with Crippen molar-refractivity contribution in [1.29, 1.82) is 0 Å². The van der Waals surface area contributed by atoms with Crippen molar-refractivity contribution >= 4 is 18.3 Å². The normalized spacial score (nSPS) is 23.3. The number of nitrogens with one attached hydrogen (secondary N) is 2. The molecule has 1 unspecified atom stereocenters. The predicted octanol–water partition coefficient (Wildman–Crippen LogP) is 1.84. The minimum absolute atomic E-state index is 0. The monoisotopic (exact) mass is 312 g/mol. The molecule has 0 saturated carbocycles. The molecule has 1 saturated heterocycles. The summed E-state index contributed by atoms with van der Waals surface area (Å²) in [5.41, 5.74) is 0.726. The Kier molecular flexibility index (Phi) is 4.96. The summed E-state index contributed by atoms with van der Waals surface area (Å²) in [5, 5.41) is 6.32. The van der Waals surface area contributed by atoms with Gasteiger partial charge in [0.2, 0.25) is 12.7 Å². The number of carbonyl (C=O) groups is 1. The molecule has 1 amide bonds. The second kappa shape index (κ2) is 6.54. The third kappa shape index (κ3) is 3.41. The summed E-state index contributed by atoms with van der Waals surface area (Å²) < 4.78 is 10.6. The van der Waals surface area contributed by atoms with Crippen molar-refractivity contribution in [2.75, 3.05) is 19.9 Å². The van der Waals surface area contributed by atoms with Crippen LogP contribution < -0.4 is 20.1 Å². The zero-order valence-electron chi connectivity index (χ0n) is 12.1. The summed E-state index contributed by atoms with van der Waals surface area (Å²) in [6, 6.07) is 5.76. The summed E-state index contributed by atoms with van der Waals surface area (Å²) in [7, 11) is 0. The van der Waals surface area contributed by atoms with Crippen LogP contribution in [0.1, 0.15) is 25.3 Å². The number of hydrogen-bond donors (Lipinski definition) is 2. The van der Waals surface area contributed by atoms with E-state index in [2.05, 4.69) is 10.6 Å². The van der Waals surface area contributed by atoms with Crippen LogP contribution in [0.3, 0.4) is 0 Å². The van der Waals surface area contributed by atoms with Gasteiger partial charge in [-0.15, -0.1) is 12.4 Å². The average Bonchev–Trinajstić information content (AvgIpc) is 2.93. The number of ether oxygens (including phenoxy) is 2. The summed E-state index contributed by atoms with van der Waals surface area (Å²) in [6.07, 6.45) is 1.99. The minimum Gasteiger partial charge on any atom is -0.454 e. The fourth-order valence-corrected chi connectivity index (χ4v) is 2.70. The second-order valence-corrected chi connectivity index (χ2v) is 5.71. The van der Waals surface area contributed by atoms with Gasteiger partial charge in [0.25, 0.3) is 0 Å². The topological polar surface area (TPSA) is 59.6 Å². The zero-order chi connectivity index (χ0) is 14.0. The maximum Gasteiger partial charge on any atom is 0.231 e. The summed E-state index contributed by atoms with van der Waals surface area (Å²) in [6.45, 7) is 4.57. The standard InChI is InChI=1S/C15H20N2O3.ClH/c1-15(5-2-6-16-9-15)14(18)17-8-11-3-4-12-13(7-11)20-10-19-12;/h3-4,7,16H,2,5-6,8-10H2,1H3,(H,17,18);1H. The molecule has 6 heteroatoms. The van der Waals surface area contributed by atoms with Gasteiger partial charge in [-0.2, -0.15) is 0 Å². The van der Waals surface area contributed by atoms with Crippen LogP contribution in [0.25, 0.3) is 0 Å². The highest BCUT2D eigenvalue weighted by Gasteiger charge is 2.34. The molecule has 3 rings (SSSR count). The Morgan fingerprint density at radius 2 is 2.19 bits per heavy atom. The summed E-state index contributed by atoms with van der Waals surface area (Å²) in [4.78, 5) is 12.3. The lowest BCUT2D eigenvalue weighted by Gasteiger charge is -2.32. The molecule has 1 fully saturated rings. The maximum atomic E-state index is 12.3. The van der Waals surface area contributed by atoms with E-state index in [0.717, 1.165) is 43.0 Å². The molecule has 2 aliphatic heterocycles. The van der Waals surface area contributed by atoms with E-state index in [4.69, 9.17) is 9.47 Å². The van der Waals surface area contributed by atoms with Crippen LogP contribution in [0.2, 0.25) is 0 Å². The van der Waals surface area contributed by atoms with Crippen LogP contribution >= 0.6 is 12.4 Å². The summed E-state index contributed by atoms with van der Waals surface area (Å²) >= 11 is 0. The Hall–Kier alpha value is -1.46. The molecule has 1 atom stereocenters. The third-order valence-corrected chi connectivity index (χ3v) is 4.04. The van der Waals surface area contributed by atoms with Crippen molar-refractivity contribution in [3.8, 4) is 11.5 Å². The first-order valence-electron chi connectivity index (χ1n) is 7.05. The van der Waals surface area contributed by atoms with E-state index in [0.29, 0.717) is 6.54 Å². The lowest BCUT2D eigenvalue weighted by atomic mass is 9.82. The van der Waals surface area contributed by atoms with Crippen molar-refractivity contribution < 1.29 is 14.3 Å². The SMILES string of the molecule is CC1(C(=O)NCc2ccc3c(c2)OCO3)CCCNC1.Cl. The molecule has 116 valence electrons. The quantitative estimate of drug-likeness (QED) is 0.894. The van der Waals surface area contributed by atoms with Gasteiger partial charge in [-0.25, -0.2) is 0 Å². The van der Waals surface area contributed by atoms with Crippen molar-refractivity contribution in [1.82, 2.24) is 10.6 Å². The number of amides is 1.